The van der Waals surface area contributed by atoms with Crippen LogP contribution in [-0.4, -0.2) is 37.9 Å². The Morgan fingerprint density at radius 2 is 0.868 bits per heavy atom. The van der Waals surface area contributed by atoms with Crippen LogP contribution in [0.4, 0.5) is 22.7 Å². The van der Waals surface area contributed by atoms with E-state index in [0.717, 1.165) is 36.4 Å². The van der Waals surface area contributed by atoms with Crippen LogP contribution in [0.2, 0.25) is 0 Å². The van der Waals surface area contributed by atoms with Crippen molar-refractivity contribution in [1.82, 2.24) is 0 Å². The number of carboxylic acid groups (broad SMARTS) is 2. The molecule has 16 nitrogen and oxygen atoms in total. The molecule has 0 aromatic heterocycles. The van der Waals surface area contributed by atoms with Crippen molar-refractivity contribution in [3.63, 3.8) is 0 Å². The summed E-state index contributed by atoms with van der Waals surface area (Å²) in [6.07, 6.45) is 0. The van der Waals surface area contributed by atoms with E-state index >= 15 is 0 Å². The van der Waals surface area contributed by atoms with Crippen LogP contribution in [0.15, 0.2) is 139 Å². The van der Waals surface area contributed by atoms with E-state index in [1.807, 2.05) is 0 Å². The second-order valence-electron chi connectivity index (χ2n) is 10.5. The third-order valence-corrected chi connectivity index (χ3v) is 8.85. The summed E-state index contributed by atoms with van der Waals surface area (Å²) >= 11 is 0. The molecular formula is C34H21CrN4O12S2. The number of carboxylic acids is 2. The first-order valence-corrected chi connectivity index (χ1v) is 17.2. The quantitative estimate of drug-likeness (QED) is 0.158. The largest absolute Gasteiger partial charge is 3.00 e. The summed E-state index contributed by atoms with van der Waals surface area (Å²) in [4.78, 5) is 21.3. The Labute approximate surface area is 315 Å². The van der Waals surface area contributed by atoms with Gasteiger partial charge in [-0.3, -0.25) is 0 Å². The normalized spacial score (nSPS) is 11.7. The predicted molar refractivity (Wildman–Crippen MR) is 176 cm³/mol. The number of carbonyl (C=O) groups excluding carboxylic acids is 2. The van der Waals surface area contributed by atoms with Gasteiger partial charge in [0.2, 0.25) is 0 Å². The molecule has 0 amide bonds. The molecule has 6 aromatic carbocycles. The first-order chi connectivity index (χ1) is 24.5. The second-order valence-corrected chi connectivity index (χ2v) is 13.3. The van der Waals surface area contributed by atoms with E-state index in [-0.39, 0.29) is 66.3 Å². The average molecular weight is 794 g/mol. The number of fused-ring (bicyclic) bond motifs is 2. The van der Waals surface area contributed by atoms with Gasteiger partial charge in [-0.15, -0.1) is 10.2 Å². The van der Waals surface area contributed by atoms with Crippen molar-refractivity contribution in [3.8, 4) is 11.5 Å². The minimum Gasteiger partial charge on any atom is -0.871 e. The first kappa shape index (κ1) is 39.7. The molecule has 0 saturated carbocycles. The van der Waals surface area contributed by atoms with Crippen molar-refractivity contribution in [3.05, 3.63) is 120 Å². The van der Waals surface area contributed by atoms with E-state index in [0.29, 0.717) is 10.8 Å². The van der Waals surface area contributed by atoms with Crippen molar-refractivity contribution >= 4 is 76.5 Å². The minimum atomic E-state index is -4.64. The molecule has 0 aliphatic rings. The van der Waals surface area contributed by atoms with Gasteiger partial charge < -0.3 is 39.1 Å². The fourth-order valence-corrected chi connectivity index (χ4v) is 5.75. The Kier molecular flexibility index (Phi) is 12.1. The fraction of sp³-hybridized carbons (Fsp3) is 0. The Hall–Kier alpha value is -6.07. The number of hydrogen-bond donors (Lipinski definition) is 0. The predicted octanol–water partition coefficient (Wildman–Crippen LogP) is 3.53. The maximum atomic E-state index is 12.1. The Morgan fingerprint density at radius 1 is 0.509 bits per heavy atom. The van der Waals surface area contributed by atoms with Crippen LogP contribution in [0.5, 0.6) is 11.5 Å². The number of rotatable bonds is 8. The number of azo groups is 2. The molecule has 6 aromatic rings. The molecule has 0 saturated heterocycles. The molecule has 267 valence electrons. The zero-order chi connectivity index (χ0) is 37.8. The maximum Gasteiger partial charge on any atom is 3.00 e. The number of nitrogens with zero attached hydrogens (tertiary/aromatic N) is 4. The molecule has 0 unspecified atom stereocenters. The number of benzene rings is 6. The molecule has 0 aliphatic carbocycles. The monoisotopic (exact) mass is 793 g/mol. The first-order valence-electron chi connectivity index (χ1n) is 14.4. The van der Waals surface area contributed by atoms with Crippen molar-refractivity contribution in [2.45, 2.75) is 9.79 Å². The third-order valence-electron chi connectivity index (χ3n) is 7.19. The van der Waals surface area contributed by atoms with E-state index in [9.17, 15) is 56.0 Å². The summed E-state index contributed by atoms with van der Waals surface area (Å²) in [7, 11) is -9.28. The van der Waals surface area contributed by atoms with Gasteiger partial charge in [-0.05, 0) is 47.2 Å². The van der Waals surface area contributed by atoms with Crippen LogP contribution in [0.25, 0.3) is 21.5 Å². The van der Waals surface area contributed by atoms with Crippen LogP contribution in [-0.2, 0) is 37.6 Å². The van der Waals surface area contributed by atoms with Crippen LogP contribution in [0.3, 0.4) is 0 Å². The van der Waals surface area contributed by atoms with Crippen molar-refractivity contribution in [2.75, 3.05) is 0 Å². The standard InChI is InChI=1S/2C17H12N2O6S.Cr/c2*20-15-8-5-10-9-11(26(23,24)25)6-7-12(10)16(15)19-18-14-4-2-1-3-13(14)17(21)22;/h2*1-9,20H,(H,21,22)(H,23,24,25);/q;;+3/p-3. The maximum absolute atomic E-state index is 12.1. The average Bonchev–Trinajstić information content (AvgIpc) is 3.10. The van der Waals surface area contributed by atoms with Crippen molar-refractivity contribution in [2.24, 2.45) is 20.5 Å². The van der Waals surface area contributed by atoms with Gasteiger partial charge in [0.05, 0.1) is 44.5 Å². The zero-order valence-corrected chi connectivity index (χ0v) is 29.2. The molecule has 0 atom stereocenters. The van der Waals surface area contributed by atoms with Crippen LogP contribution in [0, 0.1) is 0 Å². The molecule has 0 spiro atoms. The summed E-state index contributed by atoms with van der Waals surface area (Å²) in [6.45, 7) is 0. The Bertz CT molecular complexity index is 2520. The van der Waals surface area contributed by atoms with Gasteiger partial charge >= 0.3 is 21.6 Å². The molecular weight excluding hydrogens is 773 g/mol. The molecule has 0 bridgehead atoms. The van der Waals surface area contributed by atoms with E-state index < -0.39 is 53.5 Å². The van der Waals surface area contributed by atoms with Gasteiger partial charge in [0.25, 0.3) is 0 Å². The molecule has 0 heterocycles. The van der Waals surface area contributed by atoms with Gasteiger partial charge in [0.15, 0.2) is 0 Å². The van der Waals surface area contributed by atoms with E-state index in [2.05, 4.69) is 20.5 Å². The molecule has 0 aliphatic heterocycles. The number of aromatic carboxylic acids is 2. The minimum absolute atomic E-state index is 0. The van der Waals surface area contributed by atoms with Crippen LogP contribution in [0.1, 0.15) is 25.0 Å². The number of hydrogen-bond acceptors (Lipinski definition) is 16. The Morgan fingerprint density at radius 3 is 1.21 bits per heavy atom. The topological polar surface area (TPSA) is 290 Å². The van der Waals surface area contributed by atoms with E-state index in [1.165, 1.54) is 60.7 Å². The fourth-order valence-electron chi connectivity index (χ4n) is 4.73. The van der Waals surface area contributed by atoms with E-state index in [1.54, 1.807) is 12.1 Å². The molecule has 0 fully saturated rings. The zero-order valence-electron chi connectivity index (χ0n) is 29.3. The summed E-state index contributed by atoms with van der Waals surface area (Å²) < 4.78 is 66.7. The second kappa shape index (κ2) is 16.1. The third kappa shape index (κ3) is 9.24. The summed E-state index contributed by atoms with van der Waals surface area (Å²) in [6, 6.07) is 23.4. The van der Waals surface area contributed by atoms with Gasteiger partial charge in [-0.25, -0.2) is 16.8 Å². The van der Waals surface area contributed by atoms with Crippen molar-refractivity contribution in [1.29, 1.82) is 0 Å². The molecule has 1 radical (unpaired) electrons. The SMILES string of the molecule is O=C([O-])c1ccccc1N=Nc1c([O-])ccc2cc(S(=O)(=O)[O-])ccc12.O=C([O-])c1ccccc1N=Nc1c([O-])ccc2cc(S(=O)(=O)[O-])ccc12.[Cr+3].[H+].[H+].[H+]. The van der Waals surface area contributed by atoms with Crippen molar-refractivity contribution < 1.29 is 77.6 Å². The Balaban J connectivity index is 0.000000523. The van der Waals surface area contributed by atoms with Gasteiger partial charge in [-0.1, -0.05) is 84.3 Å². The van der Waals surface area contributed by atoms with Crippen LogP contribution >= 0.6 is 0 Å². The summed E-state index contributed by atoms with van der Waals surface area (Å²) in [5, 5.41) is 62.8. The summed E-state index contributed by atoms with van der Waals surface area (Å²) in [5.41, 5.74) is -0.589. The molecule has 19 heteroatoms. The van der Waals surface area contributed by atoms with Gasteiger partial charge in [0, 0.05) is 21.9 Å². The van der Waals surface area contributed by atoms with Gasteiger partial charge in [-0.2, -0.15) is 10.2 Å². The molecule has 6 rings (SSSR count). The smallest absolute Gasteiger partial charge is 0.871 e. The molecule has 0 N–H and O–H groups in total. The molecule has 53 heavy (non-hydrogen) atoms. The summed E-state index contributed by atoms with van der Waals surface area (Å²) in [5.74, 6) is -3.87. The van der Waals surface area contributed by atoms with Gasteiger partial charge in [0.1, 0.15) is 20.2 Å². The van der Waals surface area contributed by atoms with Crippen LogP contribution < -0.4 is 20.4 Å². The number of carbonyl (C=O) groups is 2. The van der Waals surface area contributed by atoms with E-state index in [4.69, 9.17) is 0 Å².